The van der Waals surface area contributed by atoms with Crippen LogP contribution < -0.4 is 5.73 Å². The van der Waals surface area contributed by atoms with Crippen LogP contribution in [0.25, 0.3) is 5.69 Å². The Morgan fingerprint density at radius 1 is 1.43 bits per heavy atom. The standard InChI is InChI=1S/C14H13N5O2/c15-13(17-21)11-12-10-5-6-18(10)14(20)8-3-1-2-4-9(8)19(12)7-16-11/h1-4,7,10,21H,5-6H2,(H2,15,17). The van der Waals surface area contributed by atoms with E-state index in [-0.39, 0.29) is 17.8 Å². The number of fused-ring (bicyclic) bond motifs is 5. The molecule has 1 unspecified atom stereocenters. The van der Waals surface area contributed by atoms with Crippen LogP contribution in [0, 0.1) is 0 Å². The number of para-hydroxylation sites is 1. The number of amidine groups is 1. The second-order valence-corrected chi connectivity index (χ2v) is 5.15. The summed E-state index contributed by atoms with van der Waals surface area (Å²) >= 11 is 0. The van der Waals surface area contributed by atoms with Crippen LogP contribution in [0.15, 0.2) is 35.7 Å². The number of rotatable bonds is 1. The number of oxime groups is 1. The van der Waals surface area contributed by atoms with Crippen LogP contribution >= 0.6 is 0 Å². The maximum atomic E-state index is 12.6. The van der Waals surface area contributed by atoms with Gasteiger partial charge in [-0.1, -0.05) is 17.3 Å². The Hall–Kier alpha value is -2.83. The van der Waals surface area contributed by atoms with Gasteiger partial charge >= 0.3 is 0 Å². The van der Waals surface area contributed by atoms with Crippen LogP contribution in [-0.2, 0) is 0 Å². The van der Waals surface area contributed by atoms with E-state index in [1.54, 1.807) is 11.2 Å². The molecule has 2 aliphatic heterocycles. The van der Waals surface area contributed by atoms with Crippen molar-refractivity contribution in [3.63, 3.8) is 0 Å². The molecular formula is C14H13N5O2. The van der Waals surface area contributed by atoms with Crippen LogP contribution in [0.2, 0.25) is 0 Å². The van der Waals surface area contributed by atoms with Crippen molar-refractivity contribution >= 4 is 11.7 Å². The molecule has 0 bridgehead atoms. The molecule has 2 aliphatic rings. The summed E-state index contributed by atoms with van der Waals surface area (Å²) in [4.78, 5) is 18.7. The average molecular weight is 283 g/mol. The van der Waals surface area contributed by atoms with Gasteiger partial charge in [-0.05, 0) is 18.6 Å². The zero-order valence-electron chi connectivity index (χ0n) is 11.1. The lowest BCUT2D eigenvalue weighted by molar-refractivity contribution is 0.0460. The molecule has 1 fully saturated rings. The fraction of sp³-hybridized carbons (Fsp3) is 0.214. The Balaban J connectivity index is 2.03. The van der Waals surface area contributed by atoms with Crippen molar-refractivity contribution in [1.29, 1.82) is 0 Å². The van der Waals surface area contributed by atoms with Crippen molar-refractivity contribution in [1.82, 2.24) is 14.5 Å². The number of nitrogens with two attached hydrogens (primary N) is 1. The minimum absolute atomic E-state index is 0.0102. The van der Waals surface area contributed by atoms with Gasteiger partial charge in [-0.2, -0.15) is 0 Å². The van der Waals surface area contributed by atoms with Gasteiger partial charge in [0.1, 0.15) is 12.0 Å². The molecule has 2 aromatic rings. The Kier molecular flexibility index (Phi) is 2.32. The number of nitrogens with zero attached hydrogens (tertiary/aromatic N) is 4. The highest BCUT2D eigenvalue weighted by molar-refractivity contribution is 6.01. The minimum atomic E-state index is -0.0808. The van der Waals surface area contributed by atoms with Gasteiger partial charge in [0.25, 0.3) is 5.91 Å². The quantitative estimate of drug-likeness (QED) is 0.351. The summed E-state index contributed by atoms with van der Waals surface area (Å²) in [5.74, 6) is -0.0292. The highest BCUT2D eigenvalue weighted by atomic mass is 16.4. The van der Waals surface area contributed by atoms with E-state index in [9.17, 15) is 4.79 Å². The van der Waals surface area contributed by atoms with Crippen LogP contribution in [0.1, 0.15) is 34.2 Å². The van der Waals surface area contributed by atoms with E-state index in [4.69, 9.17) is 10.9 Å². The Morgan fingerprint density at radius 3 is 2.95 bits per heavy atom. The van der Waals surface area contributed by atoms with Gasteiger partial charge in [0.05, 0.1) is 23.0 Å². The van der Waals surface area contributed by atoms with Crippen LogP contribution in [-0.4, -0.2) is 37.9 Å². The number of aromatic nitrogens is 2. The zero-order chi connectivity index (χ0) is 14.6. The summed E-state index contributed by atoms with van der Waals surface area (Å²) in [7, 11) is 0. The number of benzene rings is 1. The predicted octanol–water partition coefficient (Wildman–Crippen LogP) is 0.867. The average Bonchev–Trinajstić information content (AvgIpc) is 2.87. The molecule has 1 saturated heterocycles. The van der Waals surface area contributed by atoms with E-state index in [1.807, 2.05) is 28.8 Å². The number of hydrogen-bond donors (Lipinski definition) is 2. The Bertz CT molecular complexity index is 779. The highest BCUT2D eigenvalue weighted by Gasteiger charge is 2.41. The van der Waals surface area contributed by atoms with E-state index in [2.05, 4.69) is 10.1 Å². The molecule has 1 amide bonds. The third kappa shape index (κ3) is 1.45. The first-order valence-corrected chi connectivity index (χ1v) is 6.68. The van der Waals surface area contributed by atoms with Crippen molar-refractivity contribution in [2.75, 3.05) is 6.54 Å². The molecule has 0 saturated carbocycles. The number of carbonyl (C=O) groups excluding carboxylic acids is 1. The van der Waals surface area contributed by atoms with Crippen LogP contribution in [0.5, 0.6) is 0 Å². The number of amides is 1. The van der Waals surface area contributed by atoms with Gasteiger partial charge in [-0.3, -0.25) is 9.36 Å². The smallest absolute Gasteiger partial charge is 0.256 e. The van der Waals surface area contributed by atoms with E-state index in [0.717, 1.165) is 17.8 Å². The van der Waals surface area contributed by atoms with Crippen molar-refractivity contribution < 1.29 is 10.0 Å². The molecule has 7 nitrogen and oxygen atoms in total. The first-order chi connectivity index (χ1) is 10.2. The van der Waals surface area contributed by atoms with Crippen LogP contribution in [0.3, 0.4) is 0 Å². The molecule has 106 valence electrons. The third-order valence-corrected chi connectivity index (χ3v) is 4.14. The van der Waals surface area contributed by atoms with Crippen molar-refractivity contribution in [3.05, 3.63) is 47.5 Å². The van der Waals surface area contributed by atoms with Gasteiger partial charge in [0.15, 0.2) is 5.84 Å². The molecule has 1 aromatic carbocycles. The predicted molar refractivity (Wildman–Crippen MR) is 74.5 cm³/mol. The van der Waals surface area contributed by atoms with Gasteiger partial charge in [0, 0.05) is 6.54 Å². The van der Waals surface area contributed by atoms with Crippen LogP contribution in [0.4, 0.5) is 0 Å². The summed E-state index contributed by atoms with van der Waals surface area (Å²) in [5.41, 5.74) is 8.37. The van der Waals surface area contributed by atoms with Gasteiger partial charge in [-0.25, -0.2) is 4.98 Å². The lowest BCUT2D eigenvalue weighted by Gasteiger charge is -2.39. The molecule has 0 aliphatic carbocycles. The molecule has 1 atom stereocenters. The first-order valence-electron chi connectivity index (χ1n) is 6.68. The summed E-state index contributed by atoms with van der Waals surface area (Å²) in [6.45, 7) is 0.707. The molecule has 0 spiro atoms. The molecule has 4 rings (SSSR count). The summed E-state index contributed by atoms with van der Waals surface area (Å²) in [6.07, 6.45) is 2.47. The molecule has 3 N–H and O–H groups in total. The number of imidazole rings is 1. The molecule has 3 heterocycles. The molecule has 7 heteroatoms. The summed E-state index contributed by atoms with van der Waals surface area (Å²) in [6, 6.07) is 7.33. The SMILES string of the molecule is NC(=NO)c1ncn2c1C1CCN1C(=O)c1ccccc1-2. The fourth-order valence-electron chi connectivity index (χ4n) is 3.05. The molecular weight excluding hydrogens is 270 g/mol. The Morgan fingerprint density at radius 2 is 2.24 bits per heavy atom. The monoisotopic (exact) mass is 283 g/mol. The van der Waals surface area contributed by atoms with Gasteiger partial charge in [-0.15, -0.1) is 0 Å². The van der Waals surface area contributed by atoms with E-state index >= 15 is 0 Å². The largest absolute Gasteiger partial charge is 0.409 e. The lowest BCUT2D eigenvalue weighted by Crippen LogP contribution is -2.45. The van der Waals surface area contributed by atoms with E-state index in [0.29, 0.717) is 17.8 Å². The number of hydrogen-bond acceptors (Lipinski definition) is 4. The summed E-state index contributed by atoms with van der Waals surface area (Å²) in [5, 5.41) is 12.0. The van der Waals surface area contributed by atoms with Crippen molar-refractivity contribution in [2.24, 2.45) is 10.9 Å². The second-order valence-electron chi connectivity index (χ2n) is 5.15. The second kappa shape index (κ2) is 4.08. The van der Waals surface area contributed by atoms with Gasteiger partial charge < -0.3 is 15.8 Å². The van der Waals surface area contributed by atoms with Crippen molar-refractivity contribution in [3.8, 4) is 5.69 Å². The highest BCUT2D eigenvalue weighted by Crippen LogP contribution is 2.40. The van der Waals surface area contributed by atoms with E-state index in [1.165, 1.54) is 0 Å². The molecule has 0 radical (unpaired) electrons. The summed E-state index contributed by atoms with van der Waals surface area (Å²) < 4.78 is 1.87. The third-order valence-electron chi connectivity index (χ3n) is 4.14. The molecule has 1 aromatic heterocycles. The van der Waals surface area contributed by atoms with Crippen molar-refractivity contribution in [2.45, 2.75) is 12.5 Å². The van der Waals surface area contributed by atoms with E-state index < -0.39 is 0 Å². The number of carbonyl (C=O) groups is 1. The molecule has 21 heavy (non-hydrogen) atoms. The lowest BCUT2D eigenvalue weighted by atomic mass is 9.97. The zero-order valence-corrected chi connectivity index (χ0v) is 11.1. The maximum absolute atomic E-state index is 12.6. The topological polar surface area (TPSA) is 96.7 Å². The maximum Gasteiger partial charge on any atom is 0.256 e. The normalized spacial score (nSPS) is 20.2. The first kappa shape index (κ1) is 12.0. The Labute approximate surface area is 120 Å². The van der Waals surface area contributed by atoms with Gasteiger partial charge in [0.2, 0.25) is 0 Å². The minimum Gasteiger partial charge on any atom is -0.409 e. The fourth-order valence-corrected chi connectivity index (χ4v) is 3.05.